The fourth-order valence-corrected chi connectivity index (χ4v) is 3.49. The molecule has 0 aliphatic carbocycles. The van der Waals surface area contributed by atoms with E-state index in [0.29, 0.717) is 23.5 Å². The summed E-state index contributed by atoms with van der Waals surface area (Å²) in [5, 5.41) is 14.2. The van der Waals surface area contributed by atoms with Gasteiger partial charge in [-0.3, -0.25) is 9.71 Å². The fourth-order valence-electron chi connectivity index (χ4n) is 2.44. The van der Waals surface area contributed by atoms with E-state index in [9.17, 15) is 13.2 Å². The zero-order valence-electron chi connectivity index (χ0n) is 15.2. The van der Waals surface area contributed by atoms with Crippen molar-refractivity contribution in [3.8, 4) is 6.07 Å². The maximum absolute atomic E-state index is 12.5. The monoisotopic (exact) mass is 407 g/mol. The molecule has 0 saturated heterocycles. The first-order valence-electron chi connectivity index (χ1n) is 8.53. The van der Waals surface area contributed by atoms with Gasteiger partial charge in [0.2, 0.25) is 0 Å². The van der Waals surface area contributed by atoms with Crippen molar-refractivity contribution in [2.75, 3.05) is 10.0 Å². The average Bonchev–Trinajstić information content (AvgIpc) is 2.73. The van der Waals surface area contributed by atoms with Crippen LogP contribution in [0.4, 0.5) is 16.2 Å². The topological polar surface area (TPSA) is 124 Å². The molecular formula is C20H17N5O3S. The third-order valence-electron chi connectivity index (χ3n) is 3.84. The van der Waals surface area contributed by atoms with E-state index in [4.69, 9.17) is 5.26 Å². The van der Waals surface area contributed by atoms with E-state index >= 15 is 0 Å². The second kappa shape index (κ2) is 8.86. The molecule has 3 N–H and O–H groups in total. The Balaban J connectivity index is 1.61. The van der Waals surface area contributed by atoms with Crippen LogP contribution in [0, 0.1) is 11.3 Å². The van der Waals surface area contributed by atoms with E-state index in [1.807, 2.05) is 12.1 Å². The Morgan fingerprint density at radius 1 is 1.03 bits per heavy atom. The molecule has 146 valence electrons. The summed E-state index contributed by atoms with van der Waals surface area (Å²) in [7, 11) is -3.82. The average molecular weight is 407 g/mol. The Labute approximate surface area is 168 Å². The highest BCUT2D eigenvalue weighted by Gasteiger charge is 2.14. The van der Waals surface area contributed by atoms with Crippen LogP contribution in [0.25, 0.3) is 0 Å². The lowest BCUT2D eigenvalue weighted by Gasteiger charge is -2.10. The summed E-state index contributed by atoms with van der Waals surface area (Å²) in [6.45, 7) is 0.317. The number of hydrogen-bond acceptors (Lipinski definition) is 5. The number of carbonyl (C=O) groups excluding carboxylic acids is 1. The molecule has 0 spiro atoms. The Hall–Kier alpha value is -3.90. The normalized spacial score (nSPS) is 10.6. The maximum Gasteiger partial charge on any atom is 0.319 e. The second-order valence-corrected chi connectivity index (χ2v) is 7.67. The van der Waals surface area contributed by atoms with Crippen molar-refractivity contribution in [1.82, 2.24) is 10.3 Å². The van der Waals surface area contributed by atoms with Gasteiger partial charge in [-0.25, -0.2) is 13.2 Å². The minimum absolute atomic E-state index is 0.0289. The number of pyridine rings is 1. The van der Waals surface area contributed by atoms with Crippen molar-refractivity contribution in [1.29, 1.82) is 5.26 Å². The van der Waals surface area contributed by atoms with Crippen LogP contribution in [0.3, 0.4) is 0 Å². The molecule has 3 rings (SSSR count). The highest BCUT2D eigenvalue weighted by molar-refractivity contribution is 7.92. The van der Waals surface area contributed by atoms with Crippen molar-refractivity contribution < 1.29 is 13.2 Å². The molecule has 1 heterocycles. The molecule has 0 bridgehead atoms. The third kappa shape index (κ3) is 5.54. The number of rotatable bonds is 6. The van der Waals surface area contributed by atoms with Crippen LogP contribution in [-0.4, -0.2) is 19.4 Å². The van der Waals surface area contributed by atoms with Crippen LogP contribution in [0.15, 0.2) is 78.0 Å². The number of nitrogens with one attached hydrogen (secondary N) is 3. The zero-order valence-corrected chi connectivity index (χ0v) is 16.0. The van der Waals surface area contributed by atoms with E-state index in [-0.39, 0.29) is 4.90 Å². The Morgan fingerprint density at radius 3 is 2.52 bits per heavy atom. The molecule has 2 aromatic carbocycles. The van der Waals surface area contributed by atoms with E-state index < -0.39 is 16.1 Å². The number of carbonyl (C=O) groups is 1. The van der Waals surface area contributed by atoms with Gasteiger partial charge >= 0.3 is 6.03 Å². The van der Waals surface area contributed by atoms with Crippen molar-refractivity contribution in [2.45, 2.75) is 11.4 Å². The van der Waals surface area contributed by atoms with E-state index in [1.54, 1.807) is 36.7 Å². The molecule has 1 aromatic heterocycles. The lowest BCUT2D eigenvalue weighted by molar-refractivity contribution is 0.251. The first-order valence-corrected chi connectivity index (χ1v) is 10.0. The number of aromatic nitrogens is 1. The van der Waals surface area contributed by atoms with E-state index in [0.717, 1.165) is 5.56 Å². The summed E-state index contributed by atoms with van der Waals surface area (Å²) in [5.41, 5.74) is 1.94. The summed E-state index contributed by atoms with van der Waals surface area (Å²) in [4.78, 5) is 16.0. The molecule has 0 fully saturated rings. The van der Waals surface area contributed by atoms with Gasteiger partial charge < -0.3 is 10.6 Å². The molecule has 0 radical (unpaired) electrons. The molecule has 0 aliphatic heterocycles. The molecular weight excluding hydrogens is 390 g/mol. The predicted octanol–water partition coefficient (Wildman–Crippen LogP) is 3.08. The molecule has 8 nitrogen and oxygen atoms in total. The minimum atomic E-state index is -3.82. The summed E-state index contributed by atoms with van der Waals surface area (Å²) in [6.07, 6.45) is 3.30. The molecule has 0 atom stereocenters. The standard InChI is InChI=1S/C20H17N5O3S/c21-12-15-3-1-5-18(11-15)25-29(27,28)19-8-6-17(7-9-19)24-20(26)23-14-16-4-2-10-22-13-16/h1-11,13,25H,14H2,(H2,23,24,26). The second-order valence-electron chi connectivity index (χ2n) is 5.99. The van der Waals surface area contributed by atoms with Gasteiger partial charge in [0.15, 0.2) is 0 Å². The first kappa shape index (κ1) is 19.9. The lowest BCUT2D eigenvalue weighted by atomic mass is 10.2. The minimum Gasteiger partial charge on any atom is -0.334 e. The van der Waals surface area contributed by atoms with Crippen molar-refractivity contribution in [2.24, 2.45) is 0 Å². The molecule has 29 heavy (non-hydrogen) atoms. The lowest BCUT2D eigenvalue weighted by Crippen LogP contribution is -2.28. The third-order valence-corrected chi connectivity index (χ3v) is 5.24. The van der Waals surface area contributed by atoms with Gasteiger partial charge in [0.1, 0.15) is 0 Å². The Morgan fingerprint density at radius 2 is 1.83 bits per heavy atom. The maximum atomic E-state index is 12.5. The predicted molar refractivity (Wildman–Crippen MR) is 109 cm³/mol. The first-order chi connectivity index (χ1) is 14.0. The van der Waals surface area contributed by atoms with Gasteiger partial charge in [0.05, 0.1) is 22.2 Å². The number of urea groups is 1. The number of hydrogen-bond donors (Lipinski definition) is 3. The van der Waals surface area contributed by atoms with Gasteiger partial charge in [-0.2, -0.15) is 5.26 Å². The SMILES string of the molecule is N#Cc1cccc(NS(=O)(=O)c2ccc(NC(=O)NCc3cccnc3)cc2)c1. The van der Waals surface area contributed by atoms with Gasteiger partial charge in [0, 0.05) is 24.6 Å². The number of benzene rings is 2. The number of nitrogens with zero attached hydrogens (tertiary/aromatic N) is 2. The fraction of sp³-hybridized carbons (Fsp3) is 0.0500. The van der Waals surface area contributed by atoms with E-state index in [1.165, 1.54) is 30.3 Å². The van der Waals surface area contributed by atoms with Crippen LogP contribution in [-0.2, 0) is 16.6 Å². The Bertz CT molecular complexity index is 1140. The highest BCUT2D eigenvalue weighted by Crippen LogP contribution is 2.19. The van der Waals surface area contributed by atoms with Crippen LogP contribution in [0.1, 0.15) is 11.1 Å². The van der Waals surface area contributed by atoms with Crippen LogP contribution >= 0.6 is 0 Å². The van der Waals surface area contributed by atoms with Gasteiger partial charge in [-0.1, -0.05) is 12.1 Å². The number of anilines is 2. The summed E-state index contributed by atoms with van der Waals surface area (Å²) < 4.78 is 27.4. The van der Waals surface area contributed by atoms with Gasteiger partial charge in [-0.05, 0) is 54.1 Å². The van der Waals surface area contributed by atoms with Crippen LogP contribution in [0.2, 0.25) is 0 Å². The van der Waals surface area contributed by atoms with Gasteiger partial charge in [0.25, 0.3) is 10.0 Å². The van der Waals surface area contributed by atoms with E-state index in [2.05, 4.69) is 20.3 Å². The molecule has 0 aliphatic rings. The molecule has 0 unspecified atom stereocenters. The zero-order chi connectivity index (χ0) is 20.7. The highest BCUT2D eigenvalue weighted by atomic mass is 32.2. The van der Waals surface area contributed by atoms with Crippen LogP contribution in [0.5, 0.6) is 0 Å². The van der Waals surface area contributed by atoms with Crippen molar-refractivity contribution in [3.05, 3.63) is 84.2 Å². The summed E-state index contributed by atoms with van der Waals surface area (Å²) in [6, 6.07) is 17.1. The number of nitriles is 1. The smallest absolute Gasteiger partial charge is 0.319 e. The number of sulfonamides is 1. The molecule has 3 aromatic rings. The summed E-state index contributed by atoms with van der Waals surface area (Å²) >= 11 is 0. The Kier molecular flexibility index (Phi) is 6.06. The molecule has 9 heteroatoms. The van der Waals surface area contributed by atoms with Crippen molar-refractivity contribution in [3.63, 3.8) is 0 Å². The largest absolute Gasteiger partial charge is 0.334 e. The number of amides is 2. The molecule has 2 amide bonds. The van der Waals surface area contributed by atoms with Gasteiger partial charge in [-0.15, -0.1) is 0 Å². The van der Waals surface area contributed by atoms with Crippen LogP contribution < -0.4 is 15.4 Å². The summed E-state index contributed by atoms with van der Waals surface area (Å²) in [5.74, 6) is 0. The molecule has 0 saturated carbocycles. The van der Waals surface area contributed by atoms with Crippen molar-refractivity contribution >= 4 is 27.4 Å². The quantitative estimate of drug-likeness (QED) is 0.579.